The monoisotopic (exact) mass is 419 g/mol. The number of hydrogen-bond acceptors (Lipinski definition) is 6. The molecule has 0 saturated carbocycles. The van der Waals surface area contributed by atoms with Crippen LogP contribution in [-0.4, -0.2) is 92.4 Å². The van der Waals surface area contributed by atoms with Gasteiger partial charge in [0.1, 0.15) is 11.3 Å². The Morgan fingerprint density at radius 1 is 1.10 bits per heavy atom. The van der Waals surface area contributed by atoms with Gasteiger partial charge in [0.05, 0.1) is 26.9 Å². The molecule has 166 valence electrons. The number of methoxy groups -OCH3 is 3. The maximum Gasteiger partial charge on any atom is 0.328 e. The number of rotatable bonds is 9. The third kappa shape index (κ3) is 4.31. The van der Waals surface area contributed by atoms with Gasteiger partial charge in [0.15, 0.2) is 0 Å². The lowest BCUT2D eigenvalue weighted by Crippen LogP contribution is -2.58. The van der Waals surface area contributed by atoms with E-state index in [4.69, 9.17) is 14.2 Å². The highest BCUT2D eigenvalue weighted by molar-refractivity contribution is 6.07. The number of hydrogen-bond donors (Lipinski definition) is 0. The van der Waals surface area contributed by atoms with Gasteiger partial charge in [0, 0.05) is 39.9 Å². The Kier molecular flexibility index (Phi) is 7.33. The summed E-state index contributed by atoms with van der Waals surface area (Å²) < 4.78 is 15.8. The summed E-state index contributed by atoms with van der Waals surface area (Å²) in [5.74, 6) is 0.600. The highest BCUT2D eigenvalue weighted by atomic mass is 16.5. The molecule has 8 nitrogen and oxygen atoms in total. The fourth-order valence-corrected chi connectivity index (χ4v) is 4.53. The molecule has 1 aromatic rings. The third-order valence-corrected chi connectivity index (χ3v) is 6.27. The first-order valence-corrected chi connectivity index (χ1v) is 10.4. The van der Waals surface area contributed by atoms with Gasteiger partial charge in [-0.05, 0) is 37.5 Å². The van der Waals surface area contributed by atoms with Gasteiger partial charge in [-0.15, -0.1) is 0 Å². The topological polar surface area (TPSA) is 71.6 Å². The molecule has 0 bridgehead atoms. The predicted molar refractivity (Wildman–Crippen MR) is 112 cm³/mol. The average molecular weight is 420 g/mol. The van der Waals surface area contributed by atoms with Gasteiger partial charge < -0.3 is 19.1 Å². The molecule has 2 fully saturated rings. The number of urea groups is 1. The first-order chi connectivity index (χ1) is 14.5. The molecule has 0 aromatic heterocycles. The van der Waals surface area contributed by atoms with E-state index in [1.54, 1.807) is 26.2 Å². The Labute approximate surface area is 178 Å². The number of nitrogens with zero attached hydrogens (tertiary/aromatic N) is 3. The molecule has 1 spiro atoms. The number of benzene rings is 1. The standard InChI is InChI=1S/C22H33N3O5/c1-17(16-29-3)23-10-8-22(9-11-23)20(26)24(21(27)25(22)12-13-28-2)15-18-6-5-7-19(14-18)30-4/h5-7,14,17H,8-13,15-16H2,1-4H3. The Bertz CT molecular complexity index is 748. The van der Waals surface area contributed by atoms with Crippen molar-refractivity contribution in [3.63, 3.8) is 0 Å². The first-order valence-electron chi connectivity index (χ1n) is 10.4. The van der Waals surface area contributed by atoms with Gasteiger partial charge in [0.2, 0.25) is 0 Å². The van der Waals surface area contributed by atoms with Crippen LogP contribution in [0.2, 0.25) is 0 Å². The van der Waals surface area contributed by atoms with Gasteiger partial charge in [-0.1, -0.05) is 12.1 Å². The van der Waals surface area contributed by atoms with Crippen molar-refractivity contribution < 1.29 is 23.8 Å². The molecule has 30 heavy (non-hydrogen) atoms. The Morgan fingerprint density at radius 3 is 2.47 bits per heavy atom. The molecule has 2 aliphatic rings. The molecular weight excluding hydrogens is 386 g/mol. The van der Waals surface area contributed by atoms with Gasteiger partial charge in [-0.2, -0.15) is 0 Å². The lowest BCUT2D eigenvalue weighted by Gasteiger charge is -2.43. The SMILES string of the molecule is COCCN1C(=O)N(Cc2cccc(OC)c2)C(=O)C12CCN(C(C)COC)CC2. The van der Waals surface area contributed by atoms with E-state index in [0.29, 0.717) is 38.3 Å². The van der Waals surface area contributed by atoms with Crippen molar-refractivity contribution in [2.45, 2.75) is 37.9 Å². The van der Waals surface area contributed by atoms with Gasteiger partial charge in [0.25, 0.3) is 5.91 Å². The van der Waals surface area contributed by atoms with E-state index in [1.165, 1.54) is 4.90 Å². The number of ether oxygens (including phenoxy) is 3. The van der Waals surface area contributed by atoms with Crippen LogP contribution in [0.3, 0.4) is 0 Å². The Morgan fingerprint density at radius 2 is 1.83 bits per heavy atom. The fourth-order valence-electron chi connectivity index (χ4n) is 4.53. The molecule has 2 aliphatic heterocycles. The second kappa shape index (κ2) is 9.76. The summed E-state index contributed by atoms with van der Waals surface area (Å²) in [6.07, 6.45) is 1.23. The van der Waals surface area contributed by atoms with E-state index in [-0.39, 0.29) is 24.5 Å². The molecule has 3 rings (SSSR count). The van der Waals surface area contributed by atoms with E-state index in [2.05, 4.69) is 11.8 Å². The molecule has 0 radical (unpaired) electrons. The summed E-state index contributed by atoms with van der Waals surface area (Å²) >= 11 is 0. The minimum Gasteiger partial charge on any atom is -0.497 e. The Hall–Kier alpha value is -2.16. The number of piperidine rings is 1. The fraction of sp³-hybridized carbons (Fsp3) is 0.636. The van der Waals surface area contributed by atoms with E-state index < -0.39 is 5.54 Å². The molecule has 1 aromatic carbocycles. The molecule has 0 N–H and O–H groups in total. The van der Waals surface area contributed by atoms with E-state index in [9.17, 15) is 9.59 Å². The zero-order valence-electron chi connectivity index (χ0n) is 18.4. The molecule has 1 unspecified atom stereocenters. The van der Waals surface area contributed by atoms with E-state index in [1.807, 2.05) is 24.3 Å². The molecule has 8 heteroatoms. The lowest BCUT2D eigenvalue weighted by molar-refractivity contribution is -0.136. The second-order valence-electron chi connectivity index (χ2n) is 8.04. The third-order valence-electron chi connectivity index (χ3n) is 6.27. The summed E-state index contributed by atoms with van der Waals surface area (Å²) in [6.45, 7) is 5.32. The van der Waals surface area contributed by atoms with Crippen LogP contribution in [0.4, 0.5) is 4.79 Å². The van der Waals surface area contributed by atoms with Crippen molar-refractivity contribution in [1.82, 2.24) is 14.7 Å². The van der Waals surface area contributed by atoms with Crippen molar-refractivity contribution in [1.29, 1.82) is 0 Å². The number of likely N-dealkylation sites (tertiary alicyclic amines) is 1. The van der Waals surface area contributed by atoms with Gasteiger partial charge >= 0.3 is 6.03 Å². The van der Waals surface area contributed by atoms with E-state index in [0.717, 1.165) is 18.7 Å². The second-order valence-corrected chi connectivity index (χ2v) is 8.04. The summed E-state index contributed by atoms with van der Waals surface area (Å²) in [6, 6.07) is 7.52. The van der Waals surface area contributed by atoms with Crippen LogP contribution in [0.5, 0.6) is 5.75 Å². The smallest absolute Gasteiger partial charge is 0.328 e. The maximum atomic E-state index is 13.6. The number of amides is 3. The minimum atomic E-state index is -0.794. The molecule has 1 atom stereocenters. The van der Waals surface area contributed by atoms with Crippen molar-refractivity contribution >= 4 is 11.9 Å². The Balaban J connectivity index is 1.81. The van der Waals surface area contributed by atoms with Crippen molar-refractivity contribution in [3.05, 3.63) is 29.8 Å². The molecule has 2 saturated heterocycles. The molecule has 0 aliphatic carbocycles. The van der Waals surface area contributed by atoms with Crippen LogP contribution >= 0.6 is 0 Å². The molecule has 2 heterocycles. The summed E-state index contributed by atoms with van der Waals surface area (Å²) in [7, 11) is 4.91. The summed E-state index contributed by atoms with van der Waals surface area (Å²) in [5.41, 5.74) is 0.0727. The quantitative estimate of drug-likeness (QED) is 0.570. The van der Waals surface area contributed by atoms with Crippen LogP contribution in [0.1, 0.15) is 25.3 Å². The van der Waals surface area contributed by atoms with E-state index >= 15 is 0 Å². The summed E-state index contributed by atoms with van der Waals surface area (Å²) in [5, 5.41) is 0. The minimum absolute atomic E-state index is 0.106. The molecule has 3 amide bonds. The maximum absolute atomic E-state index is 13.6. The van der Waals surface area contributed by atoms with Gasteiger partial charge in [-0.25, -0.2) is 4.79 Å². The first kappa shape index (κ1) is 22.5. The highest BCUT2D eigenvalue weighted by Crippen LogP contribution is 2.38. The van der Waals surface area contributed by atoms with Crippen LogP contribution in [-0.2, 0) is 20.8 Å². The van der Waals surface area contributed by atoms with Crippen molar-refractivity contribution in [2.75, 3.05) is 54.2 Å². The highest BCUT2D eigenvalue weighted by Gasteiger charge is 2.57. The predicted octanol–water partition coefficient (Wildman–Crippen LogP) is 1.98. The van der Waals surface area contributed by atoms with Crippen LogP contribution < -0.4 is 4.74 Å². The summed E-state index contributed by atoms with van der Waals surface area (Å²) in [4.78, 5) is 32.3. The number of carbonyl (C=O) groups is 2. The average Bonchev–Trinajstić information content (AvgIpc) is 2.94. The van der Waals surface area contributed by atoms with Gasteiger partial charge in [-0.3, -0.25) is 14.6 Å². The van der Waals surface area contributed by atoms with Crippen molar-refractivity contribution in [2.24, 2.45) is 0 Å². The van der Waals surface area contributed by atoms with Crippen LogP contribution in [0, 0.1) is 0 Å². The largest absolute Gasteiger partial charge is 0.497 e. The van der Waals surface area contributed by atoms with Crippen molar-refractivity contribution in [3.8, 4) is 5.75 Å². The van der Waals surface area contributed by atoms with Crippen LogP contribution in [0.15, 0.2) is 24.3 Å². The normalized spacial score (nSPS) is 20.3. The zero-order valence-corrected chi connectivity index (χ0v) is 18.4. The number of carbonyl (C=O) groups excluding carboxylic acids is 2. The van der Waals surface area contributed by atoms with Crippen LogP contribution in [0.25, 0.3) is 0 Å². The zero-order chi connectivity index (χ0) is 21.7. The lowest BCUT2D eigenvalue weighted by atomic mass is 9.85. The molecular formula is C22H33N3O5. The number of imide groups is 1.